The van der Waals surface area contributed by atoms with Crippen LogP contribution in [0, 0.1) is 5.82 Å². The molecule has 3 nitrogen and oxygen atoms in total. The van der Waals surface area contributed by atoms with E-state index in [4.69, 9.17) is 0 Å². The van der Waals surface area contributed by atoms with Gasteiger partial charge in [0.15, 0.2) is 5.82 Å². The van der Waals surface area contributed by atoms with E-state index in [1.807, 2.05) is 0 Å². The normalized spacial score (nSPS) is 16.5. The first kappa shape index (κ1) is 7.46. The molecule has 2 rings (SSSR count). The van der Waals surface area contributed by atoms with Gasteiger partial charge in [-0.3, -0.25) is 4.57 Å². The van der Waals surface area contributed by atoms with Crippen LogP contribution in [-0.4, -0.2) is 9.55 Å². The van der Waals surface area contributed by atoms with E-state index in [1.54, 1.807) is 0 Å². The Morgan fingerprint density at radius 2 is 2.33 bits per heavy atom. The molecule has 0 radical (unpaired) electrons. The molecule has 0 bridgehead atoms. The van der Waals surface area contributed by atoms with Crippen LogP contribution in [0.5, 0.6) is 0 Å². The highest BCUT2D eigenvalue weighted by Gasteiger charge is 2.28. The van der Waals surface area contributed by atoms with Crippen LogP contribution in [0.15, 0.2) is 11.0 Å². The molecule has 0 aliphatic heterocycles. The molecule has 1 fully saturated rings. The van der Waals surface area contributed by atoms with E-state index in [2.05, 4.69) is 4.98 Å². The second-order valence-electron chi connectivity index (χ2n) is 3.14. The van der Waals surface area contributed by atoms with Crippen LogP contribution in [0.4, 0.5) is 4.39 Å². The molecule has 1 saturated carbocycles. The number of aryl methyl sites for hydroxylation is 1. The fraction of sp³-hybridized carbons (Fsp3) is 0.500. The Bertz CT molecular complexity index is 368. The fourth-order valence-corrected chi connectivity index (χ4v) is 1.17. The summed E-state index contributed by atoms with van der Waals surface area (Å²) in [6.07, 6.45) is 3.11. The van der Waals surface area contributed by atoms with Crippen LogP contribution in [0.25, 0.3) is 0 Å². The number of rotatable bonds is 1. The van der Waals surface area contributed by atoms with Crippen molar-refractivity contribution in [2.75, 3.05) is 0 Å². The van der Waals surface area contributed by atoms with Crippen molar-refractivity contribution in [3.8, 4) is 0 Å². The summed E-state index contributed by atoms with van der Waals surface area (Å²) in [5.74, 6) is -0.168. The predicted molar refractivity (Wildman–Crippen MR) is 41.4 cm³/mol. The third-order valence-corrected chi connectivity index (χ3v) is 2.03. The first-order chi connectivity index (χ1) is 5.68. The minimum Gasteiger partial charge on any atom is -0.299 e. The number of aromatic nitrogens is 2. The van der Waals surface area contributed by atoms with Crippen LogP contribution >= 0.6 is 0 Å². The number of halogens is 1. The number of nitrogens with zero attached hydrogens (tertiary/aromatic N) is 2. The first-order valence-electron chi connectivity index (χ1n) is 3.91. The zero-order valence-corrected chi connectivity index (χ0v) is 6.75. The van der Waals surface area contributed by atoms with Crippen molar-refractivity contribution < 1.29 is 4.39 Å². The minimum atomic E-state index is -0.377. The lowest BCUT2D eigenvalue weighted by Gasteiger charge is -2.00. The van der Waals surface area contributed by atoms with Crippen molar-refractivity contribution in [1.82, 2.24) is 9.55 Å². The van der Waals surface area contributed by atoms with Crippen molar-refractivity contribution >= 4 is 0 Å². The summed E-state index contributed by atoms with van der Waals surface area (Å²) in [6.45, 7) is 0. The molecule has 0 N–H and O–H groups in total. The molecular weight excluding hydrogens is 159 g/mol. The molecule has 1 aromatic heterocycles. The standard InChI is InChI=1S/C8H9FN2O/c1-11-4-6(9)7(5-2-3-5)10-8(11)12/h4-5H,2-3H2,1H3. The molecular formula is C8H9FN2O. The van der Waals surface area contributed by atoms with Crippen molar-refractivity contribution in [1.29, 1.82) is 0 Å². The van der Waals surface area contributed by atoms with Crippen LogP contribution in [-0.2, 0) is 7.05 Å². The summed E-state index contributed by atoms with van der Waals surface area (Å²) >= 11 is 0. The van der Waals surface area contributed by atoms with Gasteiger partial charge in [-0.05, 0) is 12.8 Å². The zero-order valence-electron chi connectivity index (χ0n) is 6.75. The fourth-order valence-electron chi connectivity index (χ4n) is 1.17. The zero-order chi connectivity index (χ0) is 8.72. The lowest BCUT2D eigenvalue weighted by Crippen LogP contribution is -2.22. The summed E-state index contributed by atoms with van der Waals surface area (Å²) in [7, 11) is 1.50. The summed E-state index contributed by atoms with van der Waals surface area (Å²) in [6, 6.07) is 0. The van der Waals surface area contributed by atoms with Crippen LogP contribution in [0.3, 0.4) is 0 Å². The van der Waals surface area contributed by atoms with Gasteiger partial charge in [0.2, 0.25) is 0 Å². The summed E-state index contributed by atoms with van der Waals surface area (Å²) < 4.78 is 14.3. The van der Waals surface area contributed by atoms with Crippen LogP contribution in [0.1, 0.15) is 24.5 Å². The van der Waals surface area contributed by atoms with Gasteiger partial charge in [0.05, 0.1) is 5.69 Å². The summed E-state index contributed by atoms with van der Waals surface area (Å²) in [5.41, 5.74) is -0.0311. The Morgan fingerprint density at radius 1 is 1.67 bits per heavy atom. The van der Waals surface area contributed by atoms with Gasteiger partial charge in [-0.1, -0.05) is 0 Å². The Morgan fingerprint density at radius 3 is 2.92 bits per heavy atom. The molecule has 0 amide bonds. The molecule has 12 heavy (non-hydrogen) atoms. The third kappa shape index (κ3) is 1.13. The van der Waals surface area contributed by atoms with E-state index in [1.165, 1.54) is 13.2 Å². The smallest absolute Gasteiger partial charge is 0.299 e. The predicted octanol–water partition coefficient (Wildman–Crippen LogP) is 0.797. The quantitative estimate of drug-likeness (QED) is 0.621. The van der Waals surface area contributed by atoms with E-state index in [-0.39, 0.29) is 17.4 Å². The van der Waals surface area contributed by atoms with Gasteiger partial charge < -0.3 is 0 Å². The number of hydrogen-bond donors (Lipinski definition) is 0. The molecule has 64 valence electrons. The number of hydrogen-bond acceptors (Lipinski definition) is 2. The van der Waals surface area contributed by atoms with Crippen molar-refractivity contribution in [2.24, 2.45) is 7.05 Å². The second-order valence-corrected chi connectivity index (χ2v) is 3.14. The molecule has 0 spiro atoms. The van der Waals surface area contributed by atoms with Gasteiger partial charge >= 0.3 is 5.69 Å². The summed E-state index contributed by atoms with van der Waals surface area (Å²) in [4.78, 5) is 14.7. The van der Waals surface area contributed by atoms with Crippen LogP contribution in [0.2, 0.25) is 0 Å². The molecule has 1 aliphatic carbocycles. The highest BCUT2D eigenvalue weighted by Crippen LogP contribution is 2.39. The molecule has 0 saturated heterocycles. The third-order valence-electron chi connectivity index (χ3n) is 2.03. The minimum absolute atomic E-state index is 0.193. The average Bonchev–Trinajstić information content (AvgIpc) is 2.79. The molecule has 0 aromatic carbocycles. The van der Waals surface area contributed by atoms with E-state index < -0.39 is 0 Å². The van der Waals surface area contributed by atoms with Gasteiger partial charge in [-0.2, -0.15) is 4.98 Å². The largest absolute Gasteiger partial charge is 0.347 e. The van der Waals surface area contributed by atoms with Crippen molar-refractivity contribution in [3.05, 3.63) is 28.2 Å². The molecule has 1 heterocycles. The maximum Gasteiger partial charge on any atom is 0.347 e. The summed E-state index contributed by atoms with van der Waals surface area (Å²) in [5, 5.41) is 0. The van der Waals surface area contributed by atoms with Gasteiger partial charge in [-0.15, -0.1) is 0 Å². The monoisotopic (exact) mass is 168 g/mol. The Labute approximate surface area is 68.9 Å². The highest BCUT2D eigenvalue weighted by atomic mass is 19.1. The van der Waals surface area contributed by atoms with E-state index in [0.29, 0.717) is 5.69 Å². The van der Waals surface area contributed by atoms with Gasteiger partial charge in [0.25, 0.3) is 0 Å². The maximum atomic E-state index is 13.1. The van der Waals surface area contributed by atoms with Gasteiger partial charge in [0.1, 0.15) is 0 Å². The molecule has 0 atom stereocenters. The molecule has 4 heteroatoms. The van der Waals surface area contributed by atoms with Gasteiger partial charge in [-0.25, -0.2) is 9.18 Å². The topological polar surface area (TPSA) is 34.9 Å². The highest BCUT2D eigenvalue weighted by molar-refractivity contribution is 5.14. The Balaban J connectivity index is 2.54. The lowest BCUT2D eigenvalue weighted by molar-refractivity contribution is 0.568. The van der Waals surface area contributed by atoms with E-state index in [9.17, 15) is 9.18 Å². The Hall–Kier alpha value is -1.19. The molecule has 1 aromatic rings. The van der Waals surface area contributed by atoms with E-state index >= 15 is 0 Å². The van der Waals surface area contributed by atoms with Crippen molar-refractivity contribution in [3.63, 3.8) is 0 Å². The first-order valence-corrected chi connectivity index (χ1v) is 3.91. The molecule has 1 aliphatic rings. The maximum absolute atomic E-state index is 13.1. The van der Waals surface area contributed by atoms with Crippen LogP contribution < -0.4 is 5.69 Å². The lowest BCUT2D eigenvalue weighted by atomic mass is 10.3. The average molecular weight is 168 g/mol. The molecule has 0 unspecified atom stereocenters. The van der Waals surface area contributed by atoms with E-state index in [0.717, 1.165) is 17.4 Å². The van der Waals surface area contributed by atoms with Crippen molar-refractivity contribution in [2.45, 2.75) is 18.8 Å². The SMILES string of the molecule is Cn1cc(F)c(C2CC2)nc1=O. The Kier molecular flexibility index (Phi) is 1.49. The second kappa shape index (κ2) is 2.40. The van der Waals surface area contributed by atoms with Gasteiger partial charge in [0, 0.05) is 19.2 Å².